The number of para-hydroxylation sites is 1. The van der Waals surface area contributed by atoms with Crippen molar-refractivity contribution in [1.82, 2.24) is 4.98 Å². The summed E-state index contributed by atoms with van der Waals surface area (Å²) >= 11 is 1.57. The van der Waals surface area contributed by atoms with Gasteiger partial charge in [0.25, 0.3) is 0 Å². The van der Waals surface area contributed by atoms with Crippen LogP contribution in [-0.4, -0.2) is 18.1 Å². The highest BCUT2D eigenvalue weighted by molar-refractivity contribution is 7.13. The predicted molar refractivity (Wildman–Crippen MR) is 89.7 cm³/mol. The molecule has 0 saturated heterocycles. The Morgan fingerprint density at radius 3 is 2.61 bits per heavy atom. The Hall–Kier alpha value is -2.66. The van der Waals surface area contributed by atoms with Gasteiger partial charge in [0.05, 0.1) is 12.8 Å². The minimum atomic E-state index is -0.413. The summed E-state index contributed by atoms with van der Waals surface area (Å²) < 4.78 is 10.5. The highest BCUT2D eigenvalue weighted by atomic mass is 32.1. The van der Waals surface area contributed by atoms with Crippen LogP contribution in [0.3, 0.4) is 0 Å². The molecule has 0 amide bonds. The summed E-state index contributed by atoms with van der Waals surface area (Å²) in [6.07, 6.45) is 0. The summed E-state index contributed by atoms with van der Waals surface area (Å²) in [6.45, 7) is 0.303. The Bertz CT molecular complexity index is 799. The third-order valence-corrected chi connectivity index (χ3v) is 4.18. The van der Waals surface area contributed by atoms with Gasteiger partial charge in [-0.3, -0.25) is 0 Å². The van der Waals surface area contributed by atoms with E-state index in [0.717, 1.165) is 16.3 Å². The van der Waals surface area contributed by atoms with E-state index in [2.05, 4.69) is 4.98 Å². The molecular formula is C18H15NO3S. The first kappa shape index (κ1) is 15.2. The zero-order chi connectivity index (χ0) is 16.1. The van der Waals surface area contributed by atoms with Crippen molar-refractivity contribution in [3.8, 4) is 16.3 Å². The number of nitrogens with zero attached hydrogens (tertiary/aromatic N) is 1. The number of thiazole rings is 1. The lowest BCUT2D eigenvalue weighted by Crippen LogP contribution is -2.05. The topological polar surface area (TPSA) is 48.4 Å². The first-order valence-corrected chi connectivity index (χ1v) is 7.96. The number of carbonyl (C=O) groups excluding carboxylic acids is 1. The number of methoxy groups -OCH3 is 1. The molecule has 0 saturated carbocycles. The fourth-order valence-electron chi connectivity index (χ4n) is 2.11. The first-order valence-electron chi connectivity index (χ1n) is 7.08. The minimum absolute atomic E-state index is 0.303. The maximum atomic E-state index is 11.7. The van der Waals surface area contributed by atoms with Gasteiger partial charge in [-0.2, -0.15) is 0 Å². The van der Waals surface area contributed by atoms with Crippen molar-refractivity contribution >= 4 is 17.3 Å². The second kappa shape index (κ2) is 7.07. The van der Waals surface area contributed by atoms with Crippen LogP contribution in [0, 0.1) is 0 Å². The Morgan fingerprint density at radius 2 is 1.83 bits per heavy atom. The average Bonchev–Trinajstić information content (AvgIpc) is 3.09. The van der Waals surface area contributed by atoms with Gasteiger partial charge in [-0.15, -0.1) is 11.3 Å². The van der Waals surface area contributed by atoms with E-state index < -0.39 is 5.97 Å². The van der Waals surface area contributed by atoms with Crippen LogP contribution in [0.1, 0.15) is 16.1 Å². The summed E-state index contributed by atoms with van der Waals surface area (Å²) in [7, 11) is 1.35. The van der Waals surface area contributed by atoms with Crippen LogP contribution in [0.25, 0.3) is 10.6 Å². The summed E-state index contributed by atoms with van der Waals surface area (Å²) in [4.78, 5) is 16.3. The van der Waals surface area contributed by atoms with E-state index in [1.54, 1.807) is 29.5 Å². The predicted octanol–water partition coefficient (Wildman–Crippen LogP) is 4.18. The number of rotatable bonds is 5. The molecule has 3 aromatic rings. The third-order valence-electron chi connectivity index (χ3n) is 3.24. The average molecular weight is 325 g/mol. The van der Waals surface area contributed by atoms with Crippen molar-refractivity contribution in [1.29, 1.82) is 0 Å². The van der Waals surface area contributed by atoms with Gasteiger partial charge in [-0.1, -0.05) is 42.5 Å². The molecule has 23 heavy (non-hydrogen) atoms. The molecule has 0 bridgehead atoms. The van der Waals surface area contributed by atoms with Crippen LogP contribution in [-0.2, 0) is 11.3 Å². The molecule has 0 fully saturated rings. The van der Waals surface area contributed by atoms with Crippen LogP contribution in [0.4, 0.5) is 0 Å². The van der Waals surface area contributed by atoms with E-state index in [9.17, 15) is 4.79 Å². The third kappa shape index (κ3) is 3.57. The monoisotopic (exact) mass is 325 g/mol. The van der Waals surface area contributed by atoms with Crippen LogP contribution in [0.2, 0.25) is 0 Å². The number of aromatic nitrogens is 1. The van der Waals surface area contributed by atoms with Crippen molar-refractivity contribution < 1.29 is 14.3 Å². The van der Waals surface area contributed by atoms with Gasteiger partial charge in [0.15, 0.2) is 0 Å². The molecule has 0 unspecified atom stereocenters. The Morgan fingerprint density at radius 1 is 1.09 bits per heavy atom. The molecule has 0 aliphatic heterocycles. The second-order valence-electron chi connectivity index (χ2n) is 4.79. The van der Waals surface area contributed by atoms with Crippen molar-refractivity contribution in [3.05, 3.63) is 71.2 Å². The summed E-state index contributed by atoms with van der Waals surface area (Å²) in [5.41, 5.74) is 2.32. The van der Waals surface area contributed by atoms with Crippen molar-refractivity contribution in [2.45, 2.75) is 6.61 Å². The Balaban J connectivity index is 1.73. The second-order valence-corrected chi connectivity index (χ2v) is 5.64. The van der Waals surface area contributed by atoms with Crippen molar-refractivity contribution in [2.75, 3.05) is 7.11 Å². The number of carbonyl (C=O) groups is 1. The zero-order valence-corrected chi connectivity index (χ0v) is 13.4. The fourth-order valence-corrected chi connectivity index (χ4v) is 2.92. The van der Waals surface area contributed by atoms with E-state index in [0.29, 0.717) is 17.9 Å². The molecule has 3 rings (SSSR count). The number of hydrogen-bond acceptors (Lipinski definition) is 5. The molecule has 1 heterocycles. The van der Waals surface area contributed by atoms with Crippen LogP contribution >= 0.6 is 11.3 Å². The van der Waals surface area contributed by atoms with E-state index >= 15 is 0 Å². The van der Waals surface area contributed by atoms with Crippen molar-refractivity contribution in [2.24, 2.45) is 0 Å². The molecule has 0 aliphatic rings. The normalized spacial score (nSPS) is 10.3. The Labute approximate surface area is 138 Å². The zero-order valence-electron chi connectivity index (χ0n) is 12.6. The lowest BCUT2D eigenvalue weighted by atomic mass is 10.2. The molecule has 1 aromatic heterocycles. The molecule has 116 valence electrons. The van der Waals surface area contributed by atoms with Crippen LogP contribution in [0.5, 0.6) is 5.75 Å². The smallest absolute Gasteiger partial charge is 0.341 e. The molecular weight excluding hydrogens is 310 g/mol. The summed E-state index contributed by atoms with van der Waals surface area (Å²) in [5, 5.41) is 2.91. The molecule has 0 atom stereocenters. The fraction of sp³-hybridized carbons (Fsp3) is 0.111. The largest absolute Gasteiger partial charge is 0.486 e. The van der Waals surface area contributed by atoms with Gasteiger partial charge >= 0.3 is 5.97 Å². The minimum Gasteiger partial charge on any atom is -0.486 e. The molecule has 0 spiro atoms. The molecule has 0 radical (unpaired) electrons. The van der Waals surface area contributed by atoms with Crippen LogP contribution in [0.15, 0.2) is 60.0 Å². The highest BCUT2D eigenvalue weighted by Crippen LogP contribution is 2.25. The van der Waals surface area contributed by atoms with Gasteiger partial charge in [-0.25, -0.2) is 9.78 Å². The molecule has 0 N–H and O–H groups in total. The van der Waals surface area contributed by atoms with Gasteiger partial charge in [0.1, 0.15) is 22.9 Å². The highest BCUT2D eigenvalue weighted by Gasteiger charge is 2.13. The lowest BCUT2D eigenvalue weighted by Gasteiger charge is -2.08. The van der Waals surface area contributed by atoms with Crippen LogP contribution < -0.4 is 4.74 Å². The van der Waals surface area contributed by atoms with E-state index in [1.807, 2.05) is 41.8 Å². The number of hydrogen-bond donors (Lipinski definition) is 0. The quantitative estimate of drug-likeness (QED) is 0.660. The lowest BCUT2D eigenvalue weighted by molar-refractivity contribution is 0.0595. The van der Waals surface area contributed by atoms with Gasteiger partial charge in [0, 0.05) is 10.9 Å². The Kier molecular flexibility index (Phi) is 4.68. The van der Waals surface area contributed by atoms with Crippen molar-refractivity contribution in [3.63, 3.8) is 0 Å². The SMILES string of the molecule is COC(=O)c1ccccc1OCc1csc(-c2ccccc2)n1. The molecule has 4 nitrogen and oxygen atoms in total. The van der Waals surface area contributed by atoms with Gasteiger partial charge < -0.3 is 9.47 Å². The standard InChI is InChI=1S/C18H15NO3S/c1-21-18(20)15-9-5-6-10-16(15)22-11-14-12-23-17(19-14)13-7-3-2-4-8-13/h2-10,12H,11H2,1H3. The molecule has 0 aliphatic carbocycles. The van der Waals surface area contributed by atoms with E-state index in [-0.39, 0.29) is 0 Å². The summed E-state index contributed by atoms with van der Waals surface area (Å²) in [5.74, 6) is 0.0810. The number of esters is 1. The summed E-state index contributed by atoms with van der Waals surface area (Å²) in [6, 6.07) is 17.0. The molecule has 2 aromatic carbocycles. The maximum absolute atomic E-state index is 11.7. The van der Waals surface area contributed by atoms with Gasteiger partial charge in [0.2, 0.25) is 0 Å². The molecule has 5 heteroatoms. The van der Waals surface area contributed by atoms with Gasteiger partial charge in [-0.05, 0) is 12.1 Å². The van der Waals surface area contributed by atoms with E-state index in [1.165, 1.54) is 7.11 Å². The first-order chi connectivity index (χ1) is 11.3. The maximum Gasteiger partial charge on any atom is 0.341 e. The number of ether oxygens (including phenoxy) is 2. The van der Waals surface area contributed by atoms with E-state index in [4.69, 9.17) is 9.47 Å². The number of benzene rings is 2.